The van der Waals surface area contributed by atoms with Crippen LogP contribution >= 0.6 is 0 Å². The van der Waals surface area contributed by atoms with Crippen LogP contribution in [-0.2, 0) is 28.6 Å². The van der Waals surface area contributed by atoms with E-state index < -0.39 is 6.10 Å². The summed E-state index contributed by atoms with van der Waals surface area (Å²) < 4.78 is 16.6. The molecule has 0 N–H and O–H groups in total. The van der Waals surface area contributed by atoms with Crippen molar-refractivity contribution in [2.75, 3.05) is 13.2 Å². The van der Waals surface area contributed by atoms with Crippen molar-refractivity contribution >= 4 is 17.9 Å². The quantitative estimate of drug-likeness (QED) is 0.0267. The zero-order chi connectivity index (χ0) is 40.8. The molecule has 0 heterocycles. The van der Waals surface area contributed by atoms with Crippen LogP contribution in [0.3, 0.4) is 0 Å². The predicted octanol–water partition coefficient (Wildman–Crippen LogP) is 14.7. The van der Waals surface area contributed by atoms with Crippen LogP contribution in [0.5, 0.6) is 0 Å². The van der Waals surface area contributed by atoms with Crippen LogP contribution in [0.1, 0.15) is 207 Å². The maximum Gasteiger partial charge on any atom is 0.306 e. The highest BCUT2D eigenvalue weighted by Crippen LogP contribution is 2.12. The summed E-state index contributed by atoms with van der Waals surface area (Å²) in [6.45, 7) is 6.39. The van der Waals surface area contributed by atoms with Gasteiger partial charge in [-0.25, -0.2) is 0 Å². The van der Waals surface area contributed by atoms with Crippen LogP contribution in [0.4, 0.5) is 0 Å². The third-order valence-electron chi connectivity index (χ3n) is 9.41. The van der Waals surface area contributed by atoms with E-state index in [0.29, 0.717) is 25.7 Å². The van der Waals surface area contributed by atoms with Crippen LogP contribution in [-0.4, -0.2) is 37.2 Å². The first-order chi connectivity index (χ1) is 27.5. The van der Waals surface area contributed by atoms with Gasteiger partial charge >= 0.3 is 17.9 Å². The molecule has 0 aliphatic rings. The lowest BCUT2D eigenvalue weighted by atomic mass is 10.1. The van der Waals surface area contributed by atoms with Gasteiger partial charge in [0.1, 0.15) is 13.2 Å². The van der Waals surface area contributed by atoms with Crippen molar-refractivity contribution in [3.63, 3.8) is 0 Å². The summed E-state index contributed by atoms with van der Waals surface area (Å²) >= 11 is 0. The van der Waals surface area contributed by atoms with Crippen molar-refractivity contribution in [1.29, 1.82) is 0 Å². The van der Waals surface area contributed by atoms with Crippen LogP contribution in [0, 0.1) is 0 Å². The highest BCUT2D eigenvalue weighted by atomic mass is 16.6. The molecule has 320 valence electrons. The second kappa shape index (κ2) is 44.6. The average Bonchev–Trinajstić information content (AvgIpc) is 3.19. The molecule has 6 heteroatoms. The fraction of sp³-hybridized carbons (Fsp3) is 0.700. The van der Waals surface area contributed by atoms with Crippen LogP contribution in [0.15, 0.2) is 72.9 Å². The van der Waals surface area contributed by atoms with Gasteiger partial charge in [-0.1, -0.05) is 158 Å². The highest BCUT2D eigenvalue weighted by molar-refractivity contribution is 5.71. The zero-order valence-electron chi connectivity index (χ0n) is 36.4. The molecule has 1 unspecified atom stereocenters. The predicted molar refractivity (Wildman–Crippen MR) is 238 cm³/mol. The molecule has 0 rings (SSSR count). The van der Waals surface area contributed by atoms with Crippen molar-refractivity contribution in [2.24, 2.45) is 0 Å². The Morgan fingerprint density at radius 2 is 0.714 bits per heavy atom. The van der Waals surface area contributed by atoms with Crippen molar-refractivity contribution in [2.45, 2.75) is 213 Å². The topological polar surface area (TPSA) is 78.9 Å². The molecule has 0 aliphatic heterocycles. The molecule has 0 bridgehead atoms. The van der Waals surface area contributed by atoms with Gasteiger partial charge in [-0.05, 0) is 103 Å². The molecule has 0 saturated carbocycles. The third kappa shape index (κ3) is 42.0. The van der Waals surface area contributed by atoms with E-state index in [4.69, 9.17) is 14.2 Å². The van der Waals surface area contributed by atoms with Crippen molar-refractivity contribution in [3.8, 4) is 0 Å². The third-order valence-corrected chi connectivity index (χ3v) is 9.41. The van der Waals surface area contributed by atoms with E-state index in [9.17, 15) is 14.4 Å². The second-order valence-corrected chi connectivity index (χ2v) is 14.9. The summed E-state index contributed by atoms with van der Waals surface area (Å²) in [5, 5.41) is 0. The van der Waals surface area contributed by atoms with Gasteiger partial charge < -0.3 is 14.2 Å². The molecule has 0 aromatic carbocycles. The van der Waals surface area contributed by atoms with E-state index in [1.54, 1.807) is 0 Å². The first kappa shape index (κ1) is 52.9. The molecule has 0 aromatic rings. The molecule has 0 saturated heterocycles. The van der Waals surface area contributed by atoms with E-state index in [-0.39, 0.29) is 31.1 Å². The molecule has 0 radical (unpaired) electrons. The van der Waals surface area contributed by atoms with Gasteiger partial charge in [-0.15, -0.1) is 0 Å². The van der Waals surface area contributed by atoms with E-state index in [1.807, 2.05) is 0 Å². The van der Waals surface area contributed by atoms with Crippen molar-refractivity contribution in [1.82, 2.24) is 0 Å². The van der Waals surface area contributed by atoms with E-state index in [1.165, 1.54) is 64.2 Å². The van der Waals surface area contributed by atoms with E-state index >= 15 is 0 Å². The Hall–Kier alpha value is -3.15. The Labute approximate surface area is 344 Å². The maximum absolute atomic E-state index is 12.7. The lowest BCUT2D eigenvalue weighted by molar-refractivity contribution is -0.167. The average molecular weight is 781 g/mol. The Kier molecular flexibility index (Phi) is 42.1. The number of carbonyl (C=O) groups is 3. The minimum Gasteiger partial charge on any atom is -0.462 e. The van der Waals surface area contributed by atoms with Crippen molar-refractivity contribution in [3.05, 3.63) is 72.9 Å². The lowest BCUT2D eigenvalue weighted by Crippen LogP contribution is -2.30. The van der Waals surface area contributed by atoms with E-state index in [0.717, 1.165) is 96.3 Å². The minimum atomic E-state index is -0.804. The number of carbonyl (C=O) groups excluding carboxylic acids is 3. The molecule has 0 spiro atoms. The Morgan fingerprint density at radius 3 is 1.20 bits per heavy atom. The number of rotatable bonds is 40. The van der Waals surface area contributed by atoms with Crippen molar-refractivity contribution < 1.29 is 28.6 Å². The number of hydrogen-bond donors (Lipinski definition) is 0. The summed E-state index contributed by atoms with van der Waals surface area (Å²) in [7, 11) is 0. The molecule has 0 aromatic heterocycles. The zero-order valence-corrected chi connectivity index (χ0v) is 36.4. The monoisotopic (exact) mass is 781 g/mol. The number of hydrogen-bond acceptors (Lipinski definition) is 6. The largest absolute Gasteiger partial charge is 0.462 e. The highest BCUT2D eigenvalue weighted by Gasteiger charge is 2.19. The molecule has 6 nitrogen and oxygen atoms in total. The Bertz CT molecular complexity index is 1080. The SMILES string of the molecule is CC/C=C\C/C=C\C/C=C\C/C=C\CCCCCC(=O)OCC(COC(=O)CCC/C=C\CCCCCC)OC(=O)CCCCC/C=C\CCCCCCCC. The summed E-state index contributed by atoms with van der Waals surface area (Å²) in [5.74, 6) is -0.994. The Morgan fingerprint density at radius 1 is 0.375 bits per heavy atom. The number of allylic oxidation sites excluding steroid dienone is 12. The summed E-state index contributed by atoms with van der Waals surface area (Å²) in [5.41, 5.74) is 0. The number of ether oxygens (including phenoxy) is 3. The van der Waals surface area contributed by atoms with Crippen LogP contribution in [0.2, 0.25) is 0 Å². The van der Waals surface area contributed by atoms with E-state index in [2.05, 4.69) is 93.7 Å². The standard InChI is InChI=1S/C50H84O6/c1-4-7-10-13-16-19-21-23-24-25-27-28-31-34-37-40-43-49(52)55-46-47(45-54-48(51)42-39-36-33-30-18-15-12-9-6-3)56-50(53)44-41-38-35-32-29-26-22-20-17-14-11-8-5-2/h7,10,16,19,23-24,26-30,33,47H,4-6,8-9,11-15,17-18,20-22,25,31-32,34-46H2,1-3H3/b10-7-,19-16-,24-23-,28-27-,29-26-,33-30-. The van der Waals surface area contributed by atoms with Crippen LogP contribution in [0.25, 0.3) is 0 Å². The molecule has 0 amide bonds. The smallest absolute Gasteiger partial charge is 0.306 e. The number of unbranched alkanes of at least 4 members (excludes halogenated alkanes) is 17. The van der Waals surface area contributed by atoms with Gasteiger partial charge in [0.15, 0.2) is 6.10 Å². The van der Waals surface area contributed by atoms with Gasteiger partial charge in [-0.2, -0.15) is 0 Å². The van der Waals surface area contributed by atoms with Gasteiger partial charge in [0.2, 0.25) is 0 Å². The van der Waals surface area contributed by atoms with Crippen LogP contribution < -0.4 is 0 Å². The fourth-order valence-electron chi connectivity index (χ4n) is 5.96. The summed E-state index contributed by atoms with van der Waals surface area (Å²) in [6, 6.07) is 0. The maximum atomic E-state index is 12.7. The number of esters is 3. The van der Waals surface area contributed by atoms with Gasteiger partial charge in [0, 0.05) is 19.3 Å². The second-order valence-electron chi connectivity index (χ2n) is 14.9. The normalized spacial score (nSPS) is 12.7. The molecule has 1 atom stereocenters. The molecule has 0 aliphatic carbocycles. The Balaban J connectivity index is 4.46. The van der Waals surface area contributed by atoms with Gasteiger partial charge in [-0.3, -0.25) is 14.4 Å². The molecular weight excluding hydrogens is 697 g/mol. The molecule has 0 fully saturated rings. The lowest BCUT2D eigenvalue weighted by Gasteiger charge is -2.18. The summed E-state index contributed by atoms with van der Waals surface area (Å²) in [6.07, 6.45) is 54.7. The molecule has 56 heavy (non-hydrogen) atoms. The summed E-state index contributed by atoms with van der Waals surface area (Å²) in [4.78, 5) is 37.7. The minimum absolute atomic E-state index is 0.107. The molecular formula is C50H84O6. The fourth-order valence-corrected chi connectivity index (χ4v) is 5.96. The van der Waals surface area contributed by atoms with Gasteiger partial charge in [0.05, 0.1) is 0 Å². The first-order valence-electron chi connectivity index (χ1n) is 22.9. The van der Waals surface area contributed by atoms with Gasteiger partial charge in [0.25, 0.3) is 0 Å². The first-order valence-corrected chi connectivity index (χ1v) is 22.9.